The van der Waals surface area contributed by atoms with Crippen LogP contribution in [0.3, 0.4) is 0 Å². The van der Waals surface area contributed by atoms with Crippen LogP contribution in [-0.4, -0.2) is 26.7 Å². The van der Waals surface area contributed by atoms with E-state index in [2.05, 4.69) is 12.1 Å². The molecule has 0 fully saturated rings. The Balaban J connectivity index is 2.20. The molecule has 0 amide bonds. The van der Waals surface area contributed by atoms with Crippen LogP contribution in [-0.2, 0) is 4.74 Å². The van der Waals surface area contributed by atoms with Crippen molar-refractivity contribution in [2.45, 2.75) is 13.0 Å². The van der Waals surface area contributed by atoms with Crippen molar-refractivity contribution in [3.05, 3.63) is 77.0 Å². The molecule has 0 radical (unpaired) electrons. The SMILES string of the molecule is CCO/C=C(\[Se]c1ccccc1)C(O)c1ccccc1. The van der Waals surface area contributed by atoms with Gasteiger partial charge in [0, 0.05) is 0 Å². The molecular weight excluding hydrogens is 315 g/mol. The molecule has 1 atom stereocenters. The molecule has 0 bridgehead atoms. The van der Waals surface area contributed by atoms with Gasteiger partial charge in [-0.1, -0.05) is 0 Å². The molecule has 0 saturated heterocycles. The molecule has 1 unspecified atom stereocenters. The molecule has 3 heteroatoms. The van der Waals surface area contributed by atoms with E-state index in [1.807, 2.05) is 55.5 Å². The first-order valence-electron chi connectivity index (χ1n) is 6.59. The second-order valence-corrected chi connectivity index (χ2v) is 6.61. The Labute approximate surface area is 126 Å². The molecule has 0 aliphatic rings. The number of ether oxygens (including phenoxy) is 1. The Morgan fingerprint density at radius 2 is 1.70 bits per heavy atom. The summed E-state index contributed by atoms with van der Waals surface area (Å²) in [6.07, 6.45) is 1.10. The summed E-state index contributed by atoms with van der Waals surface area (Å²) in [6, 6.07) is 19.9. The van der Waals surface area contributed by atoms with Crippen molar-refractivity contribution < 1.29 is 9.84 Å². The second-order valence-electron chi connectivity index (χ2n) is 4.20. The van der Waals surface area contributed by atoms with Gasteiger partial charge < -0.3 is 0 Å². The van der Waals surface area contributed by atoms with E-state index < -0.39 is 6.10 Å². The van der Waals surface area contributed by atoms with Crippen LogP contribution in [0.5, 0.6) is 0 Å². The fraction of sp³-hybridized carbons (Fsp3) is 0.176. The topological polar surface area (TPSA) is 29.5 Å². The predicted molar refractivity (Wildman–Crippen MR) is 82.9 cm³/mol. The Kier molecular flexibility index (Phi) is 5.87. The summed E-state index contributed by atoms with van der Waals surface area (Å²) in [5.74, 6) is 0. The average Bonchev–Trinajstić information content (AvgIpc) is 2.52. The van der Waals surface area contributed by atoms with Gasteiger partial charge in [0.15, 0.2) is 0 Å². The van der Waals surface area contributed by atoms with Gasteiger partial charge in [0.1, 0.15) is 0 Å². The maximum atomic E-state index is 10.5. The Morgan fingerprint density at radius 1 is 1.10 bits per heavy atom. The number of aliphatic hydroxyl groups is 1. The summed E-state index contributed by atoms with van der Waals surface area (Å²) >= 11 is 0.0473. The van der Waals surface area contributed by atoms with Crippen LogP contribution in [0.2, 0.25) is 0 Å². The maximum absolute atomic E-state index is 10.5. The predicted octanol–water partition coefficient (Wildman–Crippen LogP) is 2.63. The van der Waals surface area contributed by atoms with Crippen molar-refractivity contribution in [2.75, 3.05) is 6.61 Å². The summed E-state index contributed by atoms with van der Waals surface area (Å²) in [6.45, 7) is 2.55. The number of benzene rings is 2. The molecule has 2 rings (SSSR count). The zero-order chi connectivity index (χ0) is 14.2. The Hall–Kier alpha value is -1.54. The van der Waals surface area contributed by atoms with E-state index in [1.54, 1.807) is 6.26 Å². The molecule has 0 aromatic heterocycles. The van der Waals surface area contributed by atoms with Crippen LogP contribution in [0, 0.1) is 0 Å². The van der Waals surface area contributed by atoms with Crippen molar-refractivity contribution in [3.63, 3.8) is 0 Å². The van der Waals surface area contributed by atoms with E-state index in [9.17, 15) is 5.11 Å². The van der Waals surface area contributed by atoms with Crippen molar-refractivity contribution >= 4 is 19.4 Å². The minimum absolute atomic E-state index is 0.0473. The van der Waals surface area contributed by atoms with Crippen LogP contribution in [0.15, 0.2) is 71.4 Å². The van der Waals surface area contributed by atoms with Crippen molar-refractivity contribution in [2.24, 2.45) is 0 Å². The third kappa shape index (κ3) is 4.24. The van der Waals surface area contributed by atoms with Crippen molar-refractivity contribution in [1.82, 2.24) is 0 Å². The number of aliphatic hydroxyl groups excluding tert-OH is 1. The summed E-state index contributed by atoms with van der Waals surface area (Å²) in [4.78, 5) is 0. The van der Waals surface area contributed by atoms with Gasteiger partial charge in [-0.2, -0.15) is 0 Å². The first-order valence-corrected chi connectivity index (χ1v) is 8.30. The molecule has 2 aromatic rings. The van der Waals surface area contributed by atoms with Gasteiger partial charge in [-0.15, -0.1) is 0 Å². The van der Waals surface area contributed by atoms with Crippen molar-refractivity contribution in [3.8, 4) is 0 Å². The summed E-state index contributed by atoms with van der Waals surface area (Å²) in [5, 5.41) is 10.5. The molecule has 2 aromatic carbocycles. The molecule has 0 aliphatic carbocycles. The van der Waals surface area contributed by atoms with E-state index >= 15 is 0 Å². The third-order valence-electron chi connectivity index (χ3n) is 2.73. The first-order chi connectivity index (χ1) is 9.81. The molecule has 0 aliphatic heterocycles. The van der Waals surface area contributed by atoms with E-state index in [4.69, 9.17) is 4.74 Å². The Bertz CT molecular complexity index is 537. The van der Waals surface area contributed by atoms with Gasteiger partial charge in [0.05, 0.1) is 0 Å². The van der Waals surface area contributed by atoms with E-state index in [0.29, 0.717) is 6.61 Å². The fourth-order valence-electron chi connectivity index (χ4n) is 1.73. The molecule has 0 saturated carbocycles. The van der Waals surface area contributed by atoms with Gasteiger partial charge in [0.2, 0.25) is 0 Å². The zero-order valence-corrected chi connectivity index (χ0v) is 13.1. The first kappa shape index (κ1) is 14.9. The normalized spacial score (nSPS) is 13.0. The second kappa shape index (κ2) is 7.91. The fourth-order valence-corrected chi connectivity index (χ4v) is 3.68. The molecule has 2 nitrogen and oxygen atoms in total. The quantitative estimate of drug-likeness (QED) is 0.650. The zero-order valence-electron chi connectivity index (χ0n) is 11.4. The summed E-state index contributed by atoms with van der Waals surface area (Å²) < 4.78 is 7.55. The van der Waals surface area contributed by atoms with E-state index in [1.165, 1.54) is 4.46 Å². The van der Waals surface area contributed by atoms with Crippen LogP contribution in [0.4, 0.5) is 0 Å². The van der Waals surface area contributed by atoms with Gasteiger partial charge in [-0.25, -0.2) is 0 Å². The van der Waals surface area contributed by atoms with Crippen LogP contribution in [0.25, 0.3) is 0 Å². The molecule has 20 heavy (non-hydrogen) atoms. The average molecular weight is 333 g/mol. The van der Waals surface area contributed by atoms with Gasteiger partial charge in [-0.05, 0) is 0 Å². The summed E-state index contributed by atoms with van der Waals surface area (Å²) in [5.41, 5.74) is 0.899. The minimum atomic E-state index is -0.608. The van der Waals surface area contributed by atoms with Gasteiger partial charge in [0.25, 0.3) is 0 Å². The van der Waals surface area contributed by atoms with E-state index in [-0.39, 0.29) is 15.0 Å². The van der Waals surface area contributed by atoms with Gasteiger partial charge in [-0.3, -0.25) is 0 Å². The molecule has 0 heterocycles. The number of hydrogen-bond acceptors (Lipinski definition) is 2. The Morgan fingerprint density at radius 3 is 2.30 bits per heavy atom. The molecule has 0 spiro atoms. The number of rotatable bonds is 6. The van der Waals surface area contributed by atoms with Gasteiger partial charge >= 0.3 is 126 Å². The van der Waals surface area contributed by atoms with Crippen LogP contribution >= 0.6 is 0 Å². The molecule has 104 valence electrons. The molecule has 1 N–H and O–H groups in total. The van der Waals surface area contributed by atoms with E-state index in [0.717, 1.165) is 10.0 Å². The molecular formula is C17H18O2Se. The van der Waals surface area contributed by atoms with Crippen molar-refractivity contribution in [1.29, 1.82) is 0 Å². The number of hydrogen-bond donors (Lipinski definition) is 1. The van der Waals surface area contributed by atoms with Crippen LogP contribution in [0.1, 0.15) is 18.6 Å². The third-order valence-corrected chi connectivity index (χ3v) is 4.96. The summed E-state index contributed by atoms with van der Waals surface area (Å²) in [7, 11) is 0. The van der Waals surface area contributed by atoms with Crippen LogP contribution < -0.4 is 4.46 Å². The monoisotopic (exact) mass is 334 g/mol. The standard InChI is InChI=1S/C17H18O2Se/c1-2-19-13-16(20-15-11-7-4-8-12-15)17(18)14-9-5-3-6-10-14/h3-13,17-18H,2H2,1H3/b16-13-.